The Morgan fingerprint density at radius 1 is 1.38 bits per heavy atom. The number of amides is 1. The first kappa shape index (κ1) is 19.7. The van der Waals surface area contributed by atoms with Crippen molar-refractivity contribution in [2.24, 2.45) is 0 Å². The van der Waals surface area contributed by atoms with Gasteiger partial charge in [-0.1, -0.05) is 6.07 Å². The lowest BCUT2D eigenvalue weighted by Gasteiger charge is -2.30. The Kier molecular flexibility index (Phi) is 7.97. The fraction of sp³-hybridized carbons (Fsp3) is 0.706. The maximum Gasteiger partial charge on any atom is 0.223 e. The van der Waals surface area contributed by atoms with Gasteiger partial charge in [-0.2, -0.15) is 0 Å². The van der Waals surface area contributed by atoms with E-state index in [9.17, 15) is 9.90 Å². The van der Waals surface area contributed by atoms with Gasteiger partial charge in [0.25, 0.3) is 0 Å². The Morgan fingerprint density at radius 3 is 2.88 bits per heavy atom. The summed E-state index contributed by atoms with van der Waals surface area (Å²) in [6, 6.07) is 4.40. The number of carbonyl (C=O) groups is 1. The van der Waals surface area contributed by atoms with Gasteiger partial charge >= 0.3 is 0 Å². The summed E-state index contributed by atoms with van der Waals surface area (Å²) in [4.78, 5) is 17.7. The smallest absolute Gasteiger partial charge is 0.223 e. The van der Waals surface area contributed by atoms with E-state index in [1.54, 1.807) is 11.3 Å². The zero-order chi connectivity index (χ0) is 16.1. The summed E-state index contributed by atoms with van der Waals surface area (Å²) in [6.45, 7) is 5.36. The second kappa shape index (κ2) is 9.73. The van der Waals surface area contributed by atoms with Crippen LogP contribution in [-0.2, 0) is 4.79 Å². The molecule has 5 nitrogen and oxygen atoms in total. The van der Waals surface area contributed by atoms with Crippen molar-refractivity contribution in [1.82, 2.24) is 15.1 Å². The van der Waals surface area contributed by atoms with Crippen LogP contribution >= 0.6 is 23.7 Å². The lowest BCUT2D eigenvalue weighted by atomic mass is 10.1. The Hall–Kier alpha value is -0.660. The van der Waals surface area contributed by atoms with Crippen LogP contribution in [0.5, 0.6) is 0 Å². The minimum Gasteiger partial charge on any atom is -0.388 e. The number of piperazine rings is 1. The van der Waals surface area contributed by atoms with Crippen molar-refractivity contribution in [1.29, 1.82) is 0 Å². The molecule has 2 fully saturated rings. The first-order valence-electron chi connectivity index (χ1n) is 8.68. The van der Waals surface area contributed by atoms with E-state index in [0.717, 1.165) is 57.0 Å². The summed E-state index contributed by atoms with van der Waals surface area (Å²) in [7, 11) is 0. The normalized spacial score (nSPS) is 23.0. The fourth-order valence-electron chi connectivity index (χ4n) is 3.62. The lowest BCUT2D eigenvalue weighted by molar-refractivity contribution is -0.132. The van der Waals surface area contributed by atoms with Crippen molar-refractivity contribution in [2.75, 3.05) is 39.3 Å². The third-order valence-corrected chi connectivity index (χ3v) is 5.92. The van der Waals surface area contributed by atoms with Gasteiger partial charge in [0.1, 0.15) is 0 Å². The van der Waals surface area contributed by atoms with E-state index in [4.69, 9.17) is 0 Å². The Bertz CT molecular complexity index is 494. The van der Waals surface area contributed by atoms with Crippen LogP contribution in [0.1, 0.15) is 36.7 Å². The highest BCUT2D eigenvalue weighted by atomic mass is 35.5. The third-order valence-electron chi connectivity index (χ3n) is 4.95. The van der Waals surface area contributed by atoms with Crippen molar-refractivity contribution in [2.45, 2.75) is 37.8 Å². The molecule has 0 radical (unpaired) electrons. The number of nitrogens with one attached hydrogen (secondary N) is 1. The number of rotatable bonds is 6. The van der Waals surface area contributed by atoms with Gasteiger partial charge in [0.15, 0.2) is 0 Å². The molecule has 0 bridgehead atoms. The predicted molar refractivity (Wildman–Crippen MR) is 99.8 cm³/mol. The van der Waals surface area contributed by atoms with Gasteiger partial charge in [-0.3, -0.25) is 9.69 Å². The van der Waals surface area contributed by atoms with Gasteiger partial charge < -0.3 is 15.3 Å². The number of carbonyl (C=O) groups excluding carboxylic acids is 1. The molecular weight excluding hydrogens is 346 g/mol. The number of aliphatic hydroxyl groups excluding tert-OH is 1. The summed E-state index contributed by atoms with van der Waals surface area (Å²) >= 11 is 1.62. The van der Waals surface area contributed by atoms with Crippen molar-refractivity contribution in [3.05, 3.63) is 22.4 Å². The van der Waals surface area contributed by atoms with Gasteiger partial charge in [0.05, 0.1) is 6.10 Å². The number of halogens is 1. The van der Waals surface area contributed by atoms with Crippen molar-refractivity contribution < 1.29 is 9.90 Å². The van der Waals surface area contributed by atoms with E-state index in [0.29, 0.717) is 12.5 Å². The lowest BCUT2D eigenvalue weighted by Crippen LogP contribution is -2.47. The number of hydrogen-bond donors (Lipinski definition) is 2. The summed E-state index contributed by atoms with van der Waals surface area (Å²) in [5.41, 5.74) is 0. The molecule has 24 heavy (non-hydrogen) atoms. The topological polar surface area (TPSA) is 55.8 Å². The number of hydrogen-bond acceptors (Lipinski definition) is 5. The van der Waals surface area contributed by atoms with Gasteiger partial charge in [-0.25, -0.2) is 0 Å². The number of thiophene rings is 1. The van der Waals surface area contributed by atoms with Crippen LogP contribution in [-0.4, -0.2) is 66.1 Å². The Morgan fingerprint density at radius 2 is 2.17 bits per heavy atom. The molecule has 0 spiro atoms. The molecule has 1 amide bonds. The molecule has 2 unspecified atom stereocenters. The molecule has 3 heterocycles. The molecule has 1 aromatic heterocycles. The highest BCUT2D eigenvalue weighted by molar-refractivity contribution is 7.10. The zero-order valence-corrected chi connectivity index (χ0v) is 15.7. The molecule has 2 aliphatic rings. The van der Waals surface area contributed by atoms with Crippen molar-refractivity contribution in [3.8, 4) is 0 Å². The molecule has 0 aromatic carbocycles. The average Bonchev–Trinajstić information content (AvgIpc) is 3.25. The molecule has 2 N–H and O–H groups in total. The summed E-state index contributed by atoms with van der Waals surface area (Å²) < 4.78 is 0. The van der Waals surface area contributed by atoms with Crippen LogP contribution in [0.2, 0.25) is 0 Å². The monoisotopic (exact) mass is 373 g/mol. The van der Waals surface area contributed by atoms with E-state index < -0.39 is 0 Å². The van der Waals surface area contributed by atoms with E-state index >= 15 is 0 Å². The molecule has 2 aliphatic heterocycles. The van der Waals surface area contributed by atoms with Crippen LogP contribution < -0.4 is 5.32 Å². The minimum atomic E-state index is -0.371. The van der Waals surface area contributed by atoms with E-state index in [1.165, 1.54) is 6.42 Å². The van der Waals surface area contributed by atoms with E-state index in [2.05, 4.69) is 10.2 Å². The van der Waals surface area contributed by atoms with Gasteiger partial charge in [-0.15, -0.1) is 23.7 Å². The summed E-state index contributed by atoms with van der Waals surface area (Å²) in [5, 5.41) is 15.7. The molecule has 3 rings (SSSR count). The van der Waals surface area contributed by atoms with Crippen molar-refractivity contribution >= 4 is 29.7 Å². The molecule has 1 aromatic rings. The van der Waals surface area contributed by atoms with E-state index in [-0.39, 0.29) is 24.4 Å². The van der Waals surface area contributed by atoms with Crippen LogP contribution in [0.25, 0.3) is 0 Å². The predicted octanol–water partition coefficient (Wildman–Crippen LogP) is 1.88. The molecule has 0 aliphatic carbocycles. The molecule has 136 valence electrons. The standard InChI is InChI=1S/C17H27N3O2S.ClH/c21-15(16-4-2-12-23-16)13-14-3-1-8-19(14)9-5-17(22)20-10-6-18-7-11-20;/h2,4,12,14-15,18,21H,1,3,5-11,13H2;1H. The maximum atomic E-state index is 12.3. The SMILES string of the molecule is Cl.O=C(CCN1CCCC1CC(O)c1cccs1)N1CCNCC1. The second-order valence-corrected chi connectivity index (χ2v) is 7.46. The molecular formula is C17H28ClN3O2S. The molecule has 2 saturated heterocycles. The van der Waals surface area contributed by atoms with Gasteiger partial charge in [0, 0.05) is 50.1 Å². The number of nitrogens with zero attached hydrogens (tertiary/aromatic N) is 2. The molecule has 0 saturated carbocycles. The quantitative estimate of drug-likeness (QED) is 0.799. The minimum absolute atomic E-state index is 0. The van der Waals surface area contributed by atoms with Crippen LogP contribution in [0, 0.1) is 0 Å². The van der Waals surface area contributed by atoms with Crippen LogP contribution in [0.4, 0.5) is 0 Å². The Labute approximate surface area is 154 Å². The van der Waals surface area contributed by atoms with Crippen LogP contribution in [0.3, 0.4) is 0 Å². The van der Waals surface area contributed by atoms with Crippen molar-refractivity contribution in [3.63, 3.8) is 0 Å². The first-order valence-corrected chi connectivity index (χ1v) is 9.56. The highest BCUT2D eigenvalue weighted by Crippen LogP contribution is 2.29. The van der Waals surface area contributed by atoms with Gasteiger partial charge in [0.2, 0.25) is 5.91 Å². The van der Waals surface area contributed by atoms with Crippen LogP contribution in [0.15, 0.2) is 17.5 Å². The summed E-state index contributed by atoms with van der Waals surface area (Å²) in [6.07, 6.45) is 3.31. The maximum absolute atomic E-state index is 12.3. The number of likely N-dealkylation sites (tertiary alicyclic amines) is 1. The Balaban J connectivity index is 0.00000208. The molecule has 2 atom stereocenters. The second-order valence-electron chi connectivity index (χ2n) is 6.48. The third kappa shape index (κ3) is 5.17. The largest absolute Gasteiger partial charge is 0.388 e. The first-order chi connectivity index (χ1) is 11.2. The highest BCUT2D eigenvalue weighted by Gasteiger charge is 2.28. The fourth-order valence-corrected chi connectivity index (χ4v) is 4.35. The summed E-state index contributed by atoms with van der Waals surface area (Å²) in [5.74, 6) is 0.274. The number of aliphatic hydroxyl groups is 1. The average molecular weight is 374 g/mol. The zero-order valence-electron chi connectivity index (χ0n) is 14.0. The van der Waals surface area contributed by atoms with Gasteiger partial charge in [-0.05, 0) is 37.3 Å². The van der Waals surface area contributed by atoms with E-state index in [1.807, 2.05) is 22.4 Å². The molecule has 7 heteroatoms.